The molecule has 0 aromatic rings. The molecule has 0 radical (unpaired) electrons. The summed E-state index contributed by atoms with van der Waals surface area (Å²) in [7, 11) is 0. The monoisotopic (exact) mass is 214 g/mol. The first-order valence-corrected chi connectivity index (χ1v) is 5.33. The minimum absolute atomic E-state index is 0.209. The third kappa shape index (κ3) is 6.82. The van der Waals surface area contributed by atoms with Gasteiger partial charge in [-0.3, -0.25) is 14.4 Å². The molecule has 0 unspecified atom stereocenters. The number of carbonyl (C=O) groups excluding carboxylic acids is 3. The summed E-state index contributed by atoms with van der Waals surface area (Å²) in [5.41, 5.74) is 0. The molecule has 0 bridgehead atoms. The van der Waals surface area contributed by atoms with E-state index in [1.165, 1.54) is 0 Å². The van der Waals surface area contributed by atoms with Crippen LogP contribution in [-0.4, -0.2) is 24.1 Å². The van der Waals surface area contributed by atoms with Gasteiger partial charge < -0.3 is 4.74 Å². The first kappa shape index (κ1) is 13.8. The van der Waals surface area contributed by atoms with Crippen molar-refractivity contribution in [1.29, 1.82) is 0 Å². The van der Waals surface area contributed by atoms with E-state index in [1.54, 1.807) is 0 Å². The summed E-state index contributed by atoms with van der Waals surface area (Å²) in [6, 6.07) is 0. The van der Waals surface area contributed by atoms with Crippen LogP contribution in [0.1, 0.15) is 46.0 Å². The summed E-state index contributed by atoms with van der Waals surface area (Å²) in [6.45, 7) is 4.11. The zero-order valence-electron chi connectivity index (χ0n) is 9.38. The summed E-state index contributed by atoms with van der Waals surface area (Å²) in [5.74, 6) is -1.72. The van der Waals surface area contributed by atoms with Gasteiger partial charge in [-0.05, 0) is 12.8 Å². The summed E-state index contributed by atoms with van der Waals surface area (Å²) in [6.07, 6.45) is 2.12. The minimum atomic E-state index is -0.640. The lowest BCUT2D eigenvalue weighted by Gasteiger charge is -2.02. The van der Waals surface area contributed by atoms with Crippen molar-refractivity contribution < 1.29 is 19.1 Å². The van der Waals surface area contributed by atoms with Crippen molar-refractivity contribution in [2.75, 3.05) is 6.61 Å². The molecule has 0 rings (SSSR count). The number of hydrogen-bond acceptors (Lipinski definition) is 4. The van der Waals surface area contributed by atoms with Crippen molar-refractivity contribution in [3.05, 3.63) is 0 Å². The average Bonchev–Trinajstić information content (AvgIpc) is 2.18. The Morgan fingerprint density at radius 2 is 1.67 bits per heavy atom. The molecule has 0 heterocycles. The van der Waals surface area contributed by atoms with Gasteiger partial charge in [0.05, 0.1) is 6.61 Å². The molecule has 0 fully saturated rings. The normalized spacial score (nSPS) is 9.73. The van der Waals surface area contributed by atoms with Crippen LogP contribution in [0.5, 0.6) is 0 Å². The van der Waals surface area contributed by atoms with Crippen LogP contribution in [0.3, 0.4) is 0 Å². The van der Waals surface area contributed by atoms with Crippen LogP contribution >= 0.6 is 0 Å². The molecule has 0 aromatic heterocycles. The fourth-order valence-corrected chi connectivity index (χ4v) is 0.978. The number of rotatable bonds is 8. The molecule has 0 aliphatic carbocycles. The Morgan fingerprint density at radius 1 is 1.00 bits per heavy atom. The Morgan fingerprint density at radius 3 is 2.20 bits per heavy atom. The fourth-order valence-electron chi connectivity index (χ4n) is 0.978. The molecule has 0 N–H and O–H groups in total. The van der Waals surface area contributed by atoms with E-state index in [0.717, 1.165) is 12.8 Å². The van der Waals surface area contributed by atoms with Crippen LogP contribution in [0.25, 0.3) is 0 Å². The molecular weight excluding hydrogens is 196 g/mol. The van der Waals surface area contributed by atoms with E-state index in [1.807, 2.05) is 13.8 Å². The number of ether oxygens (including phenoxy) is 1. The molecule has 0 spiro atoms. The second-order valence-corrected chi connectivity index (χ2v) is 3.35. The maximum atomic E-state index is 11.1. The first-order valence-electron chi connectivity index (χ1n) is 5.33. The van der Waals surface area contributed by atoms with Gasteiger partial charge in [-0.25, -0.2) is 0 Å². The molecule has 0 saturated carbocycles. The van der Waals surface area contributed by atoms with Gasteiger partial charge in [-0.2, -0.15) is 0 Å². The number of ketones is 2. The zero-order chi connectivity index (χ0) is 11.7. The van der Waals surface area contributed by atoms with Gasteiger partial charge in [-0.1, -0.05) is 20.3 Å². The summed E-state index contributed by atoms with van der Waals surface area (Å²) >= 11 is 0. The predicted molar refractivity (Wildman–Crippen MR) is 55.4 cm³/mol. The Kier molecular flexibility index (Phi) is 7.50. The van der Waals surface area contributed by atoms with Gasteiger partial charge in [0.2, 0.25) is 5.78 Å². The molecule has 0 aromatic carbocycles. The molecule has 4 heteroatoms. The standard InChI is InChI=1S/C11H18O4/c1-3-5-7-15-11(14)8-10(13)9(12)6-4-2/h3-8H2,1-2H3. The van der Waals surface area contributed by atoms with Crippen molar-refractivity contribution in [1.82, 2.24) is 0 Å². The molecule has 4 nitrogen and oxygen atoms in total. The van der Waals surface area contributed by atoms with E-state index in [4.69, 9.17) is 4.74 Å². The third-order valence-corrected chi connectivity index (χ3v) is 1.85. The molecule has 0 aliphatic heterocycles. The van der Waals surface area contributed by atoms with Crippen LogP contribution in [-0.2, 0) is 19.1 Å². The lowest BCUT2D eigenvalue weighted by molar-refractivity contribution is -0.149. The lowest BCUT2D eigenvalue weighted by atomic mass is 10.1. The zero-order valence-corrected chi connectivity index (χ0v) is 9.38. The lowest BCUT2D eigenvalue weighted by Crippen LogP contribution is -2.19. The molecule has 0 aliphatic rings. The maximum Gasteiger partial charge on any atom is 0.313 e. The van der Waals surface area contributed by atoms with Crippen LogP contribution < -0.4 is 0 Å². The SMILES string of the molecule is CCCCOC(=O)CC(=O)C(=O)CCC. The van der Waals surface area contributed by atoms with E-state index < -0.39 is 24.0 Å². The Balaban J connectivity index is 3.76. The van der Waals surface area contributed by atoms with Crippen molar-refractivity contribution in [3.8, 4) is 0 Å². The van der Waals surface area contributed by atoms with Gasteiger partial charge in [0.15, 0.2) is 5.78 Å². The van der Waals surface area contributed by atoms with Crippen LogP contribution in [0.4, 0.5) is 0 Å². The number of carbonyl (C=O) groups is 3. The van der Waals surface area contributed by atoms with E-state index >= 15 is 0 Å². The van der Waals surface area contributed by atoms with Gasteiger partial charge in [0.1, 0.15) is 6.42 Å². The Labute approximate surface area is 90.0 Å². The largest absolute Gasteiger partial charge is 0.465 e. The Bertz CT molecular complexity index is 233. The third-order valence-electron chi connectivity index (χ3n) is 1.85. The number of Topliss-reactive ketones (excluding diaryl/α,β-unsaturated/α-hetero) is 2. The second kappa shape index (κ2) is 8.15. The molecule has 0 atom stereocenters. The van der Waals surface area contributed by atoms with E-state index in [0.29, 0.717) is 13.0 Å². The highest BCUT2D eigenvalue weighted by molar-refractivity contribution is 6.39. The molecule has 86 valence electrons. The molecule has 0 amide bonds. The highest BCUT2D eigenvalue weighted by atomic mass is 16.5. The van der Waals surface area contributed by atoms with Crippen molar-refractivity contribution in [2.24, 2.45) is 0 Å². The van der Waals surface area contributed by atoms with Crippen molar-refractivity contribution in [3.63, 3.8) is 0 Å². The molecule has 15 heavy (non-hydrogen) atoms. The molecule has 0 saturated heterocycles. The fraction of sp³-hybridized carbons (Fsp3) is 0.727. The van der Waals surface area contributed by atoms with Crippen LogP contribution in [0.2, 0.25) is 0 Å². The minimum Gasteiger partial charge on any atom is -0.465 e. The number of hydrogen-bond donors (Lipinski definition) is 0. The summed E-state index contributed by atoms with van der Waals surface area (Å²) < 4.78 is 4.77. The smallest absolute Gasteiger partial charge is 0.313 e. The van der Waals surface area contributed by atoms with Gasteiger partial charge >= 0.3 is 5.97 Å². The second-order valence-electron chi connectivity index (χ2n) is 3.35. The van der Waals surface area contributed by atoms with Crippen LogP contribution in [0, 0.1) is 0 Å². The van der Waals surface area contributed by atoms with Gasteiger partial charge in [-0.15, -0.1) is 0 Å². The van der Waals surface area contributed by atoms with E-state index in [9.17, 15) is 14.4 Å². The summed E-state index contributed by atoms with van der Waals surface area (Å²) in [4.78, 5) is 33.2. The van der Waals surface area contributed by atoms with Crippen LogP contribution in [0.15, 0.2) is 0 Å². The van der Waals surface area contributed by atoms with Crippen molar-refractivity contribution >= 4 is 17.5 Å². The quantitative estimate of drug-likeness (QED) is 0.267. The van der Waals surface area contributed by atoms with Gasteiger partial charge in [0.25, 0.3) is 0 Å². The van der Waals surface area contributed by atoms with E-state index in [-0.39, 0.29) is 6.42 Å². The highest BCUT2D eigenvalue weighted by Gasteiger charge is 2.17. The van der Waals surface area contributed by atoms with Gasteiger partial charge in [0, 0.05) is 6.42 Å². The average molecular weight is 214 g/mol. The van der Waals surface area contributed by atoms with E-state index in [2.05, 4.69) is 0 Å². The Hall–Kier alpha value is -1.19. The topological polar surface area (TPSA) is 60.4 Å². The highest BCUT2D eigenvalue weighted by Crippen LogP contribution is 1.97. The number of esters is 1. The first-order chi connectivity index (χ1) is 7.11. The van der Waals surface area contributed by atoms with Crippen molar-refractivity contribution in [2.45, 2.75) is 46.0 Å². The summed E-state index contributed by atoms with van der Waals surface area (Å²) in [5, 5.41) is 0. The maximum absolute atomic E-state index is 11.1. The molecular formula is C11H18O4. The predicted octanol–water partition coefficient (Wildman–Crippen LogP) is 1.66. The number of unbranched alkanes of at least 4 members (excludes halogenated alkanes) is 1.